The second kappa shape index (κ2) is 6.27. The number of aromatic nitrogens is 1. The molecule has 0 fully saturated rings. The molecule has 1 heterocycles. The highest BCUT2D eigenvalue weighted by atomic mass is 127. The SMILES string of the molecule is Cc1[nH]c2ccccc2c1CC(=O)Nc1cc(F)c(I)c(F)c1. The van der Waals surface area contributed by atoms with Gasteiger partial charge in [-0.2, -0.15) is 0 Å². The zero-order valence-electron chi connectivity index (χ0n) is 12.2. The fourth-order valence-electron chi connectivity index (χ4n) is 2.56. The molecule has 118 valence electrons. The van der Waals surface area contributed by atoms with E-state index in [1.807, 2.05) is 31.2 Å². The molecule has 0 atom stereocenters. The maximum atomic E-state index is 13.5. The highest BCUT2D eigenvalue weighted by Crippen LogP contribution is 2.24. The number of para-hydroxylation sites is 1. The van der Waals surface area contributed by atoms with Crippen LogP contribution in [-0.4, -0.2) is 10.9 Å². The Morgan fingerprint density at radius 2 is 1.87 bits per heavy atom. The van der Waals surface area contributed by atoms with Gasteiger partial charge in [-0.1, -0.05) is 18.2 Å². The number of nitrogens with one attached hydrogen (secondary N) is 2. The van der Waals surface area contributed by atoms with Crippen molar-refractivity contribution < 1.29 is 13.6 Å². The standard InChI is InChI=1S/C17H13F2IN2O/c1-9-12(11-4-2-3-5-15(11)21-9)8-16(23)22-10-6-13(18)17(20)14(19)7-10/h2-7,21H,8H2,1H3,(H,22,23). The highest BCUT2D eigenvalue weighted by Gasteiger charge is 2.14. The Morgan fingerprint density at radius 1 is 1.22 bits per heavy atom. The molecule has 1 aromatic heterocycles. The largest absolute Gasteiger partial charge is 0.358 e. The number of hydrogen-bond acceptors (Lipinski definition) is 1. The molecule has 3 rings (SSSR count). The second-order valence-electron chi connectivity index (χ2n) is 5.25. The van der Waals surface area contributed by atoms with E-state index in [1.165, 1.54) is 0 Å². The first kappa shape index (κ1) is 15.9. The summed E-state index contributed by atoms with van der Waals surface area (Å²) in [5.41, 5.74) is 2.85. The molecule has 2 N–H and O–H groups in total. The zero-order chi connectivity index (χ0) is 16.6. The number of halogens is 3. The lowest BCUT2D eigenvalue weighted by Gasteiger charge is -2.07. The van der Waals surface area contributed by atoms with Crippen molar-refractivity contribution in [3.63, 3.8) is 0 Å². The molecule has 0 aliphatic heterocycles. The van der Waals surface area contributed by atoms with E-state index in [0.717, 1.165) is 34.3 Å². The number of hydrogen-bond donors (Lipinski definition) is 2. The maximum Gasteiger partial charge on any atom is 0.228 e. The average molecular weight is 426 g/mol. The normalized spacial score (nSPS) is 11.0. The van der Waals surface area contributed by atoms with Gasteiger partial charge in [-0.15, -0.1) is 0 Å². The number of aromatic amines is 1. The highest BCUT2D eigenvalue weighted by molar-refractivity contribution is 14.1. The molecule has 3 aromatic rings. The summed E-state index contributed by atoms with van der Waals surface area (Å²) in [6.45, 7) is 1.90. The number of carbonyl (C=O) groups is 1. The Kier molecular flexibility index (Phi) is 4.34. The van der Waals surface area contributed by atoms with Crippen LogP contribution >= 0.6 is 22.6 Å². The van der Waals surface area contributed by atoms with E-state index < -0.39 is 11.6 Å². The first-order chi connectivity index (χ1) is 11.0. The Hall–Kier alpha value is -1.96. The predicted molar refractivity (Wildman–Crippen MR) is 94.4 cm³/mol. The first-order valence-electron chi connectivity index (χ1n) is 6.96. The van der Waals surface area contributed by atoms with Crippen LogP contribution in [0.5, 0.6) is 0 Å². The lowest BCUT2D eigenvalue weighted by molar-refractivity contribution is -0.115. The number of benzene rings is 2. The topological polar surface area (TPSA) is 44.9 Å². The number of aryl methyl sites for hydroxylation is 1. The summed E-state index contributed by atoms with van der Waals surface area (Å²) in [6, 6.07) is 9.93. The first-order valence-corrected chi connectivity index (χ1v) is 8.04. The minimum Gasteiger partial charge on any atom is -0.358 e. The molecule has 0 spiro atoms. The summed E-state index contributed by atoms with van der Waals surface area (Å²) < 4.78 is 27.0. The maximum absolute atomic E-state index is 13.5. The Bertz CT molecular complexity index is 882. The minimum atomic E-state index is -0.691. The molecule has 0 radical (unpaired) electrons. The Labute approximate surface area is 145 Å². The monoisotopic (exact) mass is 426 g/mol. The molecule has 3 nitrogen and oxygen atoms in total. The number of carbonyl (C=O) groups excluding carboxylic acids is 1. The number of anilines is 1. The van der Waals surface area contributed by atoms with Gasteiger partial charge in [-0.05, 0) is 53.3 Å². The Balaban J connectivity index is 1.83. The number of fused-ring (bicyclic) bond motifs is 1. The van der Waals surface area contributed by atoms with Crippen molar-refractivity contribution >= 4 is 45.1 Å². The molecule has 1 amide bonds. The fourth-order valence-corrected chi connectivity index (χ4v) is 2.87. The van der Waals surface area contributed by atoms with E-state index in [0.29, 0.717) is 0 Å². The van der Waals surface area contributed by atoms with Gasteiger partial charge in [0.2, 0.25) is 5.91 Å². The number of rotatable bonds is 3. The van der Waals surface area contributed by atoms with Crippen LogP contribution < -0.4 is 5.32 Å². The molecule has 2 aromatic carbocycles. The van der Waals surface area contributed by atoms with Crippen molar-refractivity contribution in [3.8, 4) is 0 Å². The van der Waals surface area contributed by atoms with E-state index in [4.69, 9.17) is 0 Å². The zero-order valence-corrected chi connectivity index (χ0v) is 14.4. The van der Waals surface area contributed by atoms with Gasteiger partial charge in [-0.3, -0.25) is 4.79 Å². The van der Waals surface area contributed by atoms with Crippen LogP contribution in [0.1, 0.15) is 11.3 Å². The Morgan fingerprint density at radius 3 is 2.57 bits per heavy atom. The van der Waals surface area contributed by atoms with Crippen molar-refractivity contribution in [2.24, 2.45) is 0 Å². The van der Waals surface area contributed by atoms with Crippen LogP contribution in [-0.2, 0) is 11.2 Å². The average Bonchev–Trinajstić information content (AvgIpc) is 2.81. The molecule has 23 heavy (non-hydrogen) atoms. The smallest absolute Gasteiger partial charge is 0.228 e. The van der Waals surface area contributed by atoms with Gasteiger partial charge in [0.05, 0.1) is 9.99 Å². The summed E-state index contributed by atoms with van der Waals surface area (Å²) >= 11 is 1.58. The van der Waals surface area contributed by atoms with Crippen LogP contribution in [0.15, 0.2) is 36.4 Å². The summed E-state index contributed by atoms with van der Waals surface area (Å²) in [5, 5.41) is 3.52. The van der Waals surface area contributed by atoms with Crippen molar-refractivity contribution in [1.29, 1.82) is 0 Å². The molecule has 0 saturated carbocycles. The molecular formula is C17H13F2IN2O. The molecule has 0 bridgehead atoms. The molecule has 0 aliphatic rings. The summed E-state index contributed by atoms with van der Waals surface area (Å²) in [6.07, 6.45) is 0.130. The fraction of sp³-hybridized carbons (Fsp3) is 0.118. The van der Waals surface area contributed by atoms with E-state index in [2.05, 4.69) is 10.3 Å². The van der Waals surface area contributed by atoms with Gasteiger partial charge in [0.15, 0.2) is 0 Å². The van der Waals surface area contributed by atoms with Crippen molar-refractivity contribution in [3.05, 3.63) is 62.9 Å². The van der Waals surface area contributed by atoms with Crippen molar-refractivity contribution in [1.82, 2.24) is 4.98 Å². The molecule has 0 unspecified atom stereocenters. The number of H-pyrrole nitrogens is 1. The van der Waals surface area contributed by atoms with Crippen molar-refractivity contribution in [2.45, 2.75) is 13.3 Å². The lowest BCUT2D eigenvalue weighted by atomic mass is 10.1. The lowest BCUT2D eigenvalue weighted by Crippen LogP contribution is -2.15. The molecule has 0 saturated heterocycles. The summed E-state index contributed by atoms with van der Waals surface area (Å²) in [5.74, 6) is -1.70. The predicted octanol–water partition coefficient (Wildman–Crippen LogP) is 4.54. The third-order valence-electron chi connectivity index (χ3n) is 3.63. The molecule has 0 aliphatic carbocycles. The van der Waals surface area contributed by atoms with E-state index in [9.17, 15) is 13.6 Å². The summed E-state index contributed by atoms with van der Waals surface area (Å²) in [7, 11) is 0. The molecular weight excluding hydrogens is 413 g/mol. The van der Waals surface area contributed by atoms with Gasteiger partial charge in [0.25, 0.3) is 0 Å². The third-order valence-corrected chi connectivity index (χ3v) is 4.66. The van der Waals surface area contributed by atoms with Gasteiger partial charge >= 0.3 is 0 Å². The van der Waals surface area contributed by atoms with Crippen LogP contribution in [0, 0.1) is 22.1 Å². The van der Waals surface area contributed by atoms with E-state index in [-0.39, 0.29) is 21.6 Å². The van der Waals surface area contributed by atoms with E-state index in [1.54, 1.807) is 22.6 Å². The molecule has 6 heteroatoms. The van der Waals surface area contributed by atoms with Crippen LogP contribution in [0.25, 0.3) is 10.9 Å². The van der Waals surface area contributed by atoms with Crippen LogP contribution in [0.3, 0.4) is 0 Å². The van der Waals surface area contributed by atoms with Crippen molar-refractivity contribution in [2.75, 3.05) is 5.32 Å². The van der Waals surface area contributed by atoms with Gasteiger partial charge in [0, 0.05) is 22.3 Å². The van der Waals surface area contributed by atoms with Crippen LogP contribution in [0.4, 0.5) is 14.5 Å². The number of amides is 1. The van der Waals surface area contributed by atoms with E-state index >= 15 is 0 Å². The second-order valence-corrected chi connectivity index (χ2v) is 6.33. The van der Waals surface area contributed by atoms with Crippen LogP contribution in [0.2, 0.25) is 0 Å². The third kappa shape index (κ3) is 3.21. The van der Waals surface area contributed by atoms with Gasteiger partial charge < -0.3 is 10.3 Å². The minimum absolute atomic E-state index is 0.0897. The van der Waals surface area contributed by atoms with Gasteiger partial charge in [-0.25, -0.2) is 8.78 Å². The van der Waals surface area contributed by atoms with Gasteiger partial charge in [0.1, 0.15) is 11.6 Å². The quantitative estimate of drug-likeness (QED) is 0.469. The summed E-state index contributed by atoms with van der Waals surface area (Å²) in [4.78, 5) is 15.4.